The Morgan fingerprint density at radius 1 is 1.78 bits per heavy atom. The van der Waals surface area contributed by atoms with Crippen molar-refractivity contribution in [1.29, 1.82) is 0 Å². The Morgan fingerprint density at radius 2 is 2.33 bits per heavy atom. The molecule has 0 saturated heterocycles. The number of rotatable bonds is 3. The van der Waals surface area contributed by atoms with Crippen LogP contribution in [0.5, 0.6) is 0 Å². The number of nitrogens with one attached hydrogen (secondary N) is 1. The third-order valence-corrected chi connectivity index (χ3v) is 1.08. The van der Waals surface area contributed by atoms with E-state index in [2.05, 4.69) is 5.32 Å². The van der Waals surface area contributed by atoms with Crippen LogP contribution in [0.4, 0.5) is 0 Å². The molecule has 1 atom stereocenters. The molecule has 0 aliphatic rings. The highest BCUT2D eigenvalue weighted by Gasteiger charge is 2.00. The van der Waals surface area contributed by atoms with Crippen molar-refractivity contribution in [2.24, 2.45) is 5.73 Å². The molecule has 3 heteroatoms. The Kier molecular flexibility index (Phi) is 4.05. The van der Waals surface area contributed by atoms with Crippen LogP contribution in [0, 0.1) is 0 Å². The van der Waals surface area contributed by atoms with Crippen LogP contribution in [-0.4, -0.2) is 18.5 Å². The third-order valence-electron chi connectivity index (χ3n) is 1.08. The van der Waals surface area contributed by atoms with Gasteiger partial charge in [0.05, 0.1) is 0 Å². The molecular weight excluding hydrogens is 116 g/mol. The highest BCUT2D eigenvalue weighted by molar-refractivity contribution is 5.75. The van der Waals surface area contributed by atoms with Crippen LogP contribution < -0.4 is 11.1 Å². The molecule has 0 heterocycles. The summed E-state index contributed by atoms with van der Waals surface area (Å²) in [6.45, 7) is 4.21. The molecule has 1 unspecified atom stereocenters. The molecule has 0 aliphatic heterocycles. The Balaban J connectivity index is 3.34. The molecule has 9 heavy (non-hydrogen) atoms. The summed E-state index contributed by atoms with van der Waals surface area (Å²) in [5.74, 6) is 0.0629. The molecule has 0 fully saturated rings. The SMILES string of the molecule is CCC(=O)NC(C)CN. The Hall–Kier alpha value is -0.570. The summed E-state index contributed by atoms with van der Waals surface area (Å²) in [6, 6.07) is 0.109. The largest absolute Gasteiger partial charge is 0.352 e. The molecule has 0 aromatic carbocycles. The number of nitrogens with two attached hydrogens (primary N) is 1. The van der Waals surface area contributed by atoms with E-state index in [1.807, 2.05) is 13.8 Å². The number of carbonyl (C=O) groups excluding carboxylic acids is 1. The molecule has 1 amide bonds. The van der Waals surface area contributed by atoms with E-state index < -0.39 is 0 Å². The molecule has 0 aromatic rings. The third kappa shape index (κ3) is 3.97. The van der Waals surface area contributed by atoms with Gasteiger partial charge in [-0.05, 0) is 6.92 Å². The van der Waals surface area contributed by atoms with Gasteiger partial charge >= 0.3 is 0 Å². The maximum absolute atomic E-state index is 10.6. The molecule has 3 N–H and O–H groups in total. The molecule has 3 nitrogen and oxygen atoms in total. The highest BCUT2D eigenvalue weighted by atomic mass is 16.1. The summed E-state index contributed by atoms with van der Waals surface area (Å²) in [4.78, 5) is 10.6. The second-order valence-corrected chi connectivity index (χ2v) is 2.06. The average molecular weight is 130 g/mol. The molecule has 0 rings (SSSR count). The molecule has 0 aliphatic carbocycles. The summed E-state index contributed by atoms with van der Waals surface area (Å²) < 4.78 is 0. The molecule has 54 valence electrons. The van der Waals surface area contributed by atoms with E-state index in [1.54, 1.807) is 0 Å². The minimum absolute atomic E-state index is 0.0629. The molecular formula is C6H14N2O. The second kappa shape index (κ2) is 4.32. The number of amides is 1. The van der Waals surface area contributed by atoms with Crippen molar-refractivity contribution in [2.45, 2.75) is 26.3 Å². The van der Waals surface area contributed by atoms with Crippen molar-refractivity contribution in [3.05, 3.63) is 0 Å². The zero-order valence-electron chi connectivity index (χ0n) is 5.98. The smallest absolute Gasteiger partial charge is 0.219 e. The van der Waals surface area contributed by atoms with Gasteiger partial charge in [0.15, 0.2) is 0 Å². The summed E-state index contributed by atoms with van der Waals surface area (Å²) in [7, 11) is 0. The highest BCUT2D eigenvalue weighted by Crippen LogP contribution is 1.79. The first-order valence-electron chi connectivity index (χ1n) is 3.20. The van der Waals surface area contributed by atoms with E-state index in [9.17, 15) is 4.79 Å². The van der Waals surface area contributed by atoms with E-state index in [0.717, 1.165) is 0 Å². The van der Waals surface area contributed by atoms with Crippen molar-refractivity contribution in [2.75, 3.05) is 6.54 Å². The lowest BCUT2D eigenvalue weighted by Gasteiger charge is -2.08. The molecule has 0 bridgehead atoms. The fourth-order valence-electron chi connectivity index (χ4n) is 0.436. The number of hydrogen-bond acceptors (Lipinski definition) is 2. The summed E-state index contributed by atoms with van der Waals surface area (Å²) in [6.07, 6.45) is 0.532. The van der Waals surface area contributed by atoms with Gasteiger partial charge in [-0.1, -0.05) is 6.92 Å². The fraction of sp³-hybridized carbons (Fsp3) is 0.833. The van der Waals surface area contributed by atoms with Crippen LogP contribution in [0.25, 0.3) is 0 Å². The lowest BCUT2D eigenvalue weighted by atomic mass is 10.3. The van der Waals surface area contributed by atoms with Crippen LogP contribution in [0.1, 0.15) is 20.3 Å². The first-order chi connectivity index (χ1) is 4.20. The van der Waals surface area contributed by atoms with Gasteiger partial charge in [0.25, 0.3) is 0 Å². The topological polar surface area (TPSA) is 55.1 Å². The van der Waals surface area contributed by atoms with Gasteiger partial charge in [-0.2, -0.15) is 0 Å². The van der Waals surface area contributed by atoms with Crippen molar-refractivity contribution in [1.82, 2.24) is 5.32 Å². The van der Waals surface area contributed by atoms with Crippen molar-refractivity contribution < 1.29 is 4.79 Å². The number of hydrogen-bond donors (Lipinski definition) is 2. The zero-order chi connectivity index (χ0) is 7.28. The van der Waals surface area contributed by atoms with Gasteiger partial charge in [-0.15, -0.1) is 0 Å². The molecule has 0 spiro atoms. The maximum Gasteiger partial charge on any atom is 0.219 e. The predicted octanol–water partition coefficient (Wildman–Crippen LogP) is -0.140. The predicted molar refractivity (Wildman–Crippen MR) is 37.0 cm³/mol. The van der Waals surface area contributed by atoms with Crippen LogP contribution in [0.3, 0.4) is 0 Å². The first-order valence-corrected chi connectivity index (χ1v) is 3.20. The lowest BCUT2D eigenvalue weighted by Crippen LogP contribution is -2.37. The van der Waals surface area contributed by atoms with E-state index in [-0.39, 0.29) is 11.9 Å². The molecule has 0 saturated carbocycles. The van der Waals surface area contributed by atoms with Gasteiger partial charge in [0, 0.05) is 19.0 Å². The Bertz CT molecular complexity index is 93.1. The lowest BCUT2D eigenvalue weighted by molar-refractivity contribution is -0.121. The van der Waals surface area contributed by atoms with E-state index in [4.69, 9.17) is 5.73 Å². The van der Waals surface area contributed by atoms with Gasteiger partial charge in [-0.3, -0.25) is 4.79 Å². The monoisotopic (exact) mass is 130 g/mol. The number of carbonyl (C=O) groups is 1. The zero-order valence-corrected chi connectivity index (χ0v) is 5.98. The summed E-state index contributed by atoms with van der Waals surface area (Å²) in [5.41, 5.74) is 5.26. The van der Waals surface area contributed by atoms with E-state index in [1.165, 1.54) is 0 Å². The maximum atomic E-state index is 10.6. The normalized spacial score (nSPS) is 12.8. The minimum Gasteiger partial charge on any atom is -0.352 e. The van der Waals surface area contributed by atoms with Crippen LogP contribution >= 0.6 is 0 Å². The molecule has 0 aromatic heterocycles. The fourth-order valence-corrected chi connectivity index (χ4v) is 0.436. The van der Waals surface area contributed by atoms with Gasteiger partial charge < -0.3 is 11.1 Å². The first kappa shape index (κ1) is 8.43. The quantitative estimate of drug-likeness (QED) is 0.558. The van der Waals surface area contributed by atoms with E-state index >= 15 is 0 Å². The van der Waals surface area contributed by atoms with Crippen LogP contribution in [-0.2, 0) is 4.79 Å². The summed E-state index contributed by atoms with van der Waals surface area (Å²) >= 11 is 0. The Morgan fingerprint density at radius 3 is 2.67 bits per heavy atom. The van der Waals surface area contributed by atoms with Crippen molar-refractivity contribution in [3.8, 4) is 0 Å². The molecule has 0 radical (unpaired) electrons. The van der Waals surface area contributed by atoms with Crippen LogP contribution in [0.2, 0.25) is 0 Å². The van der Waals surface area contributed by atoms with Gasteiger partial charge in [0.1, 0.15) is 0 Å². The van der Waals surface area contributed by atoms with Gasteiger partial charge in [-0.25, -0.2) is 0 Å². The van der Waals surface area contributed by atoms with Crippen molar-refractivity contribution in [3.63, 3.8) is 0 Å². The second-order valence-electron chi connectivity index (χ2n) is 2.06. The van der Waals surface area contributed by atoms with Crippen LogP contribution in [0.15, 0.2) is 0 Å². The van der Waals surface area contributed by atoms with Crippen molar-refractivity contribution >= 4 is 5.91 Å². The Labute approximate surface area is 55.6 Å². The summed E-state index contributed by atoms with van der Waals surface area (Å²) in [5, 5.41) is 2.72. The minimum atomic E-state index is 0.0629. The standard InChI is InChI=1S/C6H14N2O/c1-3-6(9)8-5(2)4-7/h5H,3-4,7H2,1-2H3,(H,8,9). The average Bonchev–Trinajstić information content (AvgIpc) is 1.87. The van der Waals surface area contributed by atoms with Gasteiger partial charge in [0.2, 0.25) is 5.91 Å². The van der Waals surface area contributed by atoms with E-state index in [0.29, 0.717) is 13.0 Å².